The highest BCUT2D eigenvalue weighted by atomic mass is 16.5. The summed E-state index contributed by atoms with van der Waals surface area (Å²) >= 11 is 0. The Morgan fingerprint density at radius 1 is 1.24 bits per heavy atom. The molecule has 0 aliphatic heterocycles. The van der Waals surface area contributed by atoms with E-state index in [-0.39, 0.29) is 13.2 Å². The highest BCUT2D eigenvalue weighted by Gasteiger charge is 2.26. The van der Waals surface area contributed by atoms with Crippen LogP contribution in [0.3, 0.4) is 0 Å². The SMILES string of the molecule is CCOC(=O)C(O)c1ccc2oc(C)nc2c1OCc1ccccc1. The maximum absolute atomic E-state index is 11.9. The van der Waals surface area contributed by atoms with Gasteiger partial charge in [0.15, 0.2) is 28.8 Å². The first-order chi connectivity index (χ1) is 12.1. The van der Waals surface area contributed by atoms with Crippen molar-refractivity contribution in [3.63, 3.8) is 0 Å². The van der Waals surface area contributed by atoms with Crippen molar-refractivity contribution in [3.05, 3.63) is 59.5 Å². The second-order valence-electron chi connectivity index (χ2n) is 5.49. The van der Waals surface area contributed by atoms with Crippen LogP contribution in [0.25, 0.3) is 11.1 Å². The smallest absolute Gasteiger partial charge is 0.339 e. The number of hydrogen-bond donors (Lipinski definition) is 1. The van der Waals surface area contributed by atoms with Crippen molar-refractivity contribution in [2.75, 3.05) is 6.61 Å². The van der Waals surface area contributed by atoms with Gasteiger partial charge in [-0.3, -0.25) is 0 Å². The summed E-state index contributed by atoms with van der Waals surface area (Å²) in [5, 5.41) is 10.4. The minimum absolute atomic E-state index is 0.182. The molecule has 0 saturated carbocycles. The molecule has 3 rings (SSSR count). The summed E-state index contributed by atoms with van der Waals surface area (Å²) in [4.78, 5) is 16.3. The van der Waals surface area contributed by atoms with E-state index >= 15 is 0 Å². The largest absolute Gasteiger partial charge is 0.486 e. The Morgan fingerprint density at radius 3 is 2.72 bits per heavy atom. The lowest BCUT2D eigenvalue weighted by atomic mass is 10.1. The zero-order valence-electron chi connectivity index (χ0n) is 14.1. The Kier molecular flexibility index (Phi) is 5.00. The summed E-state index contributed by atoms with van der Waals surface area (Å²) in [5.41, 5.74) is 2.25. The van der Waals surface area contributed by atoms with Crippen molar-refractivity contribution < 1.29 is 23.8 Å². The summed E-state index contributed by atoms with van der Waals surface area (Å²) in [7, 11) is 0. The van der Waals surface area contributed by atoms with Gasteiger partial charge < -0.3 is 19.0 Å². The van der Waals surface area contributed by atoms with Crippen LogP contribution in [0.1, 0.15) is 30.0 Å². The molecule has 1 atom stereocenters. The van der Waals surface area contributed by atoms with Gasteiger partial charge in [-0.1, -0.05) is 30.3 Å². The summed E-state index contributed by atoms with van der Waals surface area (Å²) in [6.07, 6.45) is -1.45. The molecule has 0 radical (unpaired) electrons. The van der Waals surface area contributed by atoms with Crippen molar-refractivity contribution >= 4 is 17.1 Å². The fraction of sp³-hybridized carbons (Fsp3) is 0.263. The molecule has 0 aliphatic rings. The number of carbonyl (C=O) groups is 1. The van der Waals surface area contributed by atoms with Crippen LogP contribution in [0.15, 0.2) is 46.9 Å². The number of carbonyl (C=O) groups excluding carboxylic acids is 1. The van der Waals surface area contributed by atoms with Crippen molar-refractivity contribution in [2.24, 2.45) is 0 Å². The highest BCUT2D eigenvalue weighted by molar-refractivity contribution is 5.85. The third kappa shape index (κ3) is 3.64. The van der Waals surface area contributed by atoms with E-state index in [1.807, 2.05) is 30.3 Å². The van der Waals surface area contributed by atoms with Gasteiger partial charge in [0.05, 0.1) is 6.61 Å². The second-order valence-corrected chi connectivity index (χ2v) is 5.49. The Labute approximate surface area is 145 Å². The maximum atomic E-state index is 11.9. The van der Waals surface area contributed by atoms with E-state index in [1.54, 1.807) is 26.0 Å². The zero-order chi connectivity index (χ0) is 17.8. The van der Waals surface area contributed by atoms with Gasteiger partial charge in [0.25, 0.3) is 0 Å². The van der Waals surface area contributed by atoms with Gasteiger partial charge in [-0.05, 0) is 24.6 Å². The molecule has 0 bridgehead atoms. The first-order valence-corrected chi connectivity index (χ1v) is 8.01. The molecule has 1 heterocycles. The molecule has 6 heteroatoms. The van der Waals surface area contributed by atoms with Crippen molar-refractivity contribution in [3.8, 4) is 5.75 Å². The van der Waals surface area contributed by atoms with Crippen LogP contribution >= 0.6 is 0 Å². The van der Waals surface area contributed by atoms with Crippen molar-refractivity contribution in [1.29, 1.82) is 0 Å². The third-order valence-electron chi connectivity index (χ3n) is 3.68. The normalized spacial score (nSPS) is 12.1. The molecule has 1 unspecified atom stereocenters. The Morgan fingerprint density at radius 2 is 2.00 bits per heavy atom. The van der Waals surface area contributed by atoms with Gasteiger partial charge in [0.1, 0.15) is 6.61 Å². The average molecular weight is 341 g/mol. The van der Waals surface area contributed by atoms with Gasteiger partial charge in [0.2, 0.25) is 0 Å². The molecule has 0 fully saturated rings. The van der Waals surface area contributed by atoms with Crippen LogP contribution in [0.2, 0.25) is 0 Å². The van der Waals surface area contributed by atoms with Crippen LogP contribution < -0.4 is 4.74 Å². The third-order valence-corrected chi connectivity index (χ3v) is 3.68. The topological polar surface area (TPSA) is 81.8 Å². The number of rotatable bonds is 6. The summed E-state index contributed by atoms with van der Waals surface area (Å²) in [5.74, 6) is 0.0627. The monoisotopic (exact) mass is 341 g/mol. The molecular weight excluding hydrogens is 322 g/mol. The Bertz CT molecular complexity index is 872. The molecule has 1 aromatic heterocycles. The predicted molar refractivity (Wildman–Crippen MR) is 91.1 cm³/mol. The summed E-state index contributed by atoms with van der Waals surface area (Å²) in [6, 6.07) is 12.8. The molecule has 0 aliphatic carbocycles. The number of aliphatic hydroxyl groups is 1. The molecule has 25 heavy (non-hydrogen) atoms. The van der Waals surface area contributed by atoms with E-state index in [1.165, 1.54) is 0 Å². The van der Waals surface area contributed by atoms with Gasteiger partial charge >= 0.3 is 5.97 Å². The number of aliphatic hydroxyl groups excluding tert-OH is 1. The van der Waals surface area contributed by atoms with Gasteiger partial charge in [0, 0.05) is 12.5 Å². The van der Waals surface area contributed by atoms with E-state index in [0.29, 0.717) is 28.3 Å². The molecule has 130 valence electrons. The molecule has 3 aromatic rings. The number of ether oxygens (including phenoxy) is 2. The predicted octanol–water partition coefficient (Wildman–Crippen LogP) is 3.31. The number of oxazole rings is 1. The number of esters is 1. The molecule has 0 amide bonds. The quantitative estimate of drug-likeness (QED) is 0.693. The van der Waals surface area contributed by atoms with Crippen LogP contribution in [-0.4, -0.2) is 22.7 Å². The average Bonchev–Trinajstić information content (AvgIpc) is 3.00. The first-order valence-electron chi connectivity index (χ1n) is 8.01. The number of aromatic nitrogens is 1. The Hall–Kier alpha value is -2.86. The number of fused-ring (bicyclic) bond motifs is 1. The zero-order valence-corrected chi connectivity index (χ0v) is 14.1. The van der Waals surface area contributed by atoms with Crippen LogP contribution in [0, 0.1) is 6.92 Å². The number of hydrogen-bond acceptors (Lipinski definition) is 6. The molecule has 0 spiro atoms. The number of benzene rings is 2. The van der Waals surface area contributed by atoms with E-state index < -0.39 is 12.1 Å². The van der Waals surface area contributed by atoms with Crippen LogP contribution in [0.4, 0.5) is 0 Å². The summed E-state index contributed by atoms with van der Waals surface area (Å²) in [6.45, 7) is 3.86. The van der Waals surface area contributed by atoms with Gasteiger partial charge in [-0.25, -0.2) is 9.78 Å². The van der Waals surface area contributed by atoms with E-state index in [4.69, 9.17) is 13.9 Å². The lowest BCUT2D eigenvalue weighted by Crippen LogP contribution is -2.16. The van der Waals surface area contributed by atoms with Crippen LogP contribution in [-0.2, 0) is 16.1 Å². The highest BCUT2D eigenvalue weighted by Crippen LogP contribution is 2.34. The maximum Gasteiger partial charge on any atom is 0.339 e. The molecule has 0 saturated heterocycles. The minimum Gasteiger partial charge on any atom is -0.486 e. The van der Waals surface area contributed by atoms with Crippen molar-refractivity contribution in [2.45, 2.75) is 26.6 Å². The molecular formula is C19H19NO5. The Balaban J connectivity index is 1.99. The fourth-order valence-electron chi connectivity index (χ4n) is 2.54. The minimum atomic E-state index is -1.45. The number of nitrogens with zero attached hydrogens (tertiary/aromatic N) is 1. The van der Waals surface area contributed by atoms with Gasteiger partial charge in [-0.15, -0.1) is 0 Å². The van der Waals surface area contributed by atoms with Crippen molar-refractivity contribution in [1.82, 2.24) is 4.98 Å². The second kappa shape index (κ2) is 7.36. The van der Waals surface area contributed by atoms with E-state index in [0.717, 1.165) is 5.56 Å². The number of aryl methyl sites for hydroxylation is 1. The van der Waals surface area contributed by atoms with E-state index in [9.17, 15) is 9.90 Å². The fourth-order valence-corrected chi connectivity index (χ4v) is 2.54. The lowest BCUT2D eigenvalue weighted by molar-refractivity contribution is -0.153. The molecule has 1 N–H and O–H groups in total. The first kappa shape index (κ1) is 17.0. The lowest BCUT2D eigenvalue weighted by Gasteiger charge is -2.15. The standard InChI is InChI=1S/C19H19NO5/c1-3-23-19(22)17(21)14-9-10-15-16(20-12(2)25-15)18(14)24-11-13-7-5-4-6-8-13/h4-10,17,21H,3,11H2,1-2H3. The molecule has 6 nitrogen and oxygen atoms in total. The summed E-state index contributed by atoms with van der Waals surface area (Å²) < 4.78 is 16.3. The van der Waals surface area contributed by atoms with Gasteiger partial charge in [-0.2, -0.15) is 0 Å². The van der Waals surface area contributed by atoms with E-state index in [2.05, 4.69) is 4.98 Å². The molecule has 2 aromatic carbocycles. The van der Waals surface area contributed by atoms with Crippen LogP contribution in [0.5, 0.6) is 5.75 Å².